The quantitative estimate of drug-likeness (QED) is 0.568. The number of hydrogen-bond donors (Lipinski definition) is 1. The average molecular weight is 476 g/mol. The summed E-state index contributed by atoms with van der Waals surface area (Å²) in [4.78, 5) is 17.9. The first kappa shape index (κ1) is 25.3. The molecule has 7 heteroatoms. The van der Waals surface area contributed by atoms with E-state index < -0.39 is 0 Å². The first-order chi connectivity index (χ1) is 15.4. The van der Waals surface area contributed by atoms with Crippen LogP contribution in [0.25, 0.3) is 0 Å². The first-order valence-electron chi connectivity index (χ1n) is 11.7. The Hall–Kier alpha value is -2.31. The van der Waals surface area contributed by atoms with Crippen LogP contribution in [0.3, 0.4) is 0 Å². The van der Waals surface area contributed by atoms with E-state index in [1.165, 1.54) is 12.1 Å². The van der Waals surface area contributed by atoms with Crippen LogP contribution in [-0.4, -0.2) is 47.6 Å². The molecule has 3 fully saturated rings. The minimum absolute atomic E-state index is 0. The van der Waals surface area contributed by atoms with Gasteiger partial charge in [0.25, 0.3) is 0 Å². The van der Waals surface area contributed by atoms with Gasteiger partial charge in [-0.15, -0.1) is 12.4 Å². The highest BCUT2D eigenvalue weighted by atomic mass is 35.5. The van der Waals surface area contributed by atoms with Crippen LogP contribution in [0.1, 0.15) is 44.2 Å². The number of hydrogen-bond acceptors (Lipinski definition) is 3. The highest BCUT2D eigenvalue weighted by Crippen LogP contribution is 2.38. The largest absolute Gasteiger partial charge is 0.493 e. The number of nitrogens with zero attached hydrogens (tertiary/aromatic N) is 2. The molecule has 3 aliphatic heterocycles. The van der Waals surface area contributed by atoms with Crippen LogP contribution in [-0.2, 0) is 13.1 Å². The van der Waals surface area contributed by atoms with Gasteiger partial charge < -0.3 is 19.9 Å². The van der Waals surface area contributed by atoms with Crippen LogP contribution in [0, 0.1) is 11.7 Å². The molecule has 0 aromatic heterocycles. The maximum Gasteiger partial charge on any atom is 0.318 e. The second-order valence-corrected chi connectivity index (χ2v) is 9.54. The van der Waals surface area contributed by atoms with Crippen LogP contribution in [0.2, 0.25) is 0 Å². The van der Waals surface area contributed by atoms with Gasteiger partial charge >= 0.3 is 6.03 Å². The predicted molar refractivity (Wildman–Crippen MR) is 131 cm³/mol. The van der Waals surface area contributed by atoms with Crippen molar-refractivity contribution in [2.45, 2.75) is 51.7 Å². The summed E-state index contributed by atoms with van der Waals surface area (Å²) in [5, 5.41) is 3.13. The number of carbonyl (C=O) groups is 1. The molecule has 0 unspecified atom stereocenters. The summed E-state index contributed by atoms with van der Waals surface area (Å²) < 4.78 is 19.1. The number of rotatable bonds is 8. The van der Waals surface area contributed by atoms with Crippen molar-refractivity contribution in [3.63, 3.8) is 0 Å². The number of piperidine rings is 3. The topological polar surface area (TPSA) is 44.8 Å². The highest BCUT2D eigenvalue weighted by molar-refractivity contribution is 5.85. The van der Waals surface area contributed by atoms with Gasteiger partial charge in [-0.1, -0.05) is 38.1 Å². The number of urea groups is 1. The number of amides is 2. The number of nitrogens with one attached hydrogen (secondary N) is 1. The Morgan fingerprint density at radius 1 is 1.03 bits per heavy atom. The molecule has 5 nitrogen and oxygen atoms in total. The van der Waals surface area contributed by atoms with Gasteiger partial charge in [-0.3, -0.25) is 0 Å². The molecular weight excluding hydrogens is 441 g/mol. The molecule has 33 heavy (non-hydrogen) atoms. The van der Waals surface area contributed by atoms with E-state index in [0.717, 1.165) is 55.8 Å². The maximum absolute atomic E-state index is 13.4. The van der Waals surface area contributed by atoms with Crippen LogP contribution >= 0.6 is 12.4 Å². The van der Waals surface area contributed by atoms with Crippen molar-refractivity contribution < 1.29 is 13.9 Å². The van der Waals surface area contributed by atoms with E-state index in [0.29, 0.717) is 25.6 Å². The Kier molecular flexibility index (Phi) is 8.60. The van der Waals surface area contributed by atoms with Crippen molar-refractivity contribution in [1.29, 1.82) is 0 Å². The van der Waals surface area contributed by atoms with Crippen molar-refractivity contribution in [2.24, 2.45) is 5.92 Å². The molecule has 2 aromatic rings. The molecule has 0 atom stereocenters. The van der Waals surface area contributed by atoms with Crippen molar-refractivity contribution in [3.05, 3.63) is 65.5 Å². The number of fused-ring (bicyclic) bond motifs is 3. The normalized spacial score (nSPS) is 21.4. The molecule has 0 aliphatic carbocycles. The van der Waals surface area contributed by atoms with E-state index >= 15 is 0 Å². The summed E-state index contributed by atoms with van der Waals surface area (Å²) in [6, 6.07) is 14.3. The smallest absolute Gasteiger partial charge is 0.318 e. The molecule has 3 saturated heterocycles. The zero-order chi connectivity index (χ0) is 22.6. The van der Waals surface area contributed by atoms with Crippen LogP contribution in [0.15, 0.2) is 48.5 Å². The van der Waals surface area contributed by atoms with Gasteiger partial charge in [0.1, 0.15) is 11.6 Å². The SMILES string of the molecule is CC(C)COc1ccc(CNC(=O)N(Cc2ccc(F)cc2)C23CCN(CC2)CC3)cc1.Cl. The fraction of sp³-hybridized carbons (Fsp3) is 0.500. The van der Waals surface area contributed by atoms with Crippen LogP contribution in [0.4, 0.5) is 9.18 Å². The highest BCUT2D eigenvalue weighted by Gasteiger charge is 2.45. The van der Waals surface area contributed by atoms with E-state index in [1.54, 1.807) is 12.1 Å². The summed E-state index contributed by atoms with van der Waals surface area (Å²) in [7, 11) is 0. The molecule has 2 amide bonds. The summed E-state index contributed by atoms with van der Waals surface area (Å²) in [5.74, 6) is 1.07. The third-order valence-corrected chi connectivity index (χ3v) is 6.70. The second kappa shape index (κ2) is 11.2. The van der Waals surface area contributed by atoms with Gasteiger partial charge in [0, 0.05) is 38.3 Å². The van der Waals surface area contributed by atoms with Gasteiger partial charge in [0.15, 0.2) is 0 Å². The lowest BCUT2D eigenvalue weighted by molar-refractivity contribution is -0.0129. The van der Waals surface area contributed by atoms with Crippen molar-refractivity contribution >= 4 is 18.4 Å². The number of ether oxygens (including phenoxy) is 1. The standard InChI is InChI=1S/C26H34FN3O2.ClH/c1-20(2)19-32-24-9-5-21(6-10-24)17-28-25(31)30(18-22-3-7-23(27)8-4-22)26-11-14-29(15-12-26)16-13-26;/h3-10,20H,11-19H2,1-2H3,(H,28,31);1H. The summed E-state index contributed by atoms with van der Waals surface area (Å²) in [5.41, 5.74) is 1.87. The van der Waals surface area contributed by atoms with E-state index in [4.69, 9.17) is 4.74 Å². The molecule has 0 spiro atoms. The lowest BCUT2D eigenvalue weighted by atomic mass is 9.78. The molecule has 5 rings (SSSR count). The number of benzene rings is 2. The van der Waals surface area contributed by atoms with Crippen LogP contribution in [0.5, 0.6) is 5.75 Å². The number of carbonyl (C=O) groups excluding carboxylic acids is 1. The fourth-order valence-corrected chi connectivity index (χ4v) is 4.68. The zero-order valence-corrected chi connectivity index (χ0v) is 20.4. The van der Waals surface area contributed by atoms with E-state index in [9.17, 15) is 9.18 Å². The Morgan fingerprint density at radius 2 is 1.61 bits per heavy atom. The fourth-order valence-electron chi connectivity index (χ4n) is 4.68. The summed E-state index contributed by atoms with van der Waals surface area (Å²) in [6.07, 6.45) is 2.97. The molecule has 1 N–H and O–H groups in total. The van der Waals surface area contributed by atoms with Crippen molar-refractivity contribution in [3.8, 4) is 5.75 Å². The minimum atomic E-state index is -0.255. The van der Waals surface area contributed by atoms with Crippen molar-refractivity contribution in [1.82, 2.24) is 15.1 Å². The molecule has 2 aromatic carbocycles. The molecule has 0 saturated carbocycles. The molecule has 2 bridgehead atoms. The Balaban J connectivity index is 0.00000306. The zero-order valence-electron chi connectivity index (χ0n) is 19.6. The molecule has 180 valence electrons. The van der Waals surface area contributed by atoms with Gasteiger partial charge in [-0.25, -0.2) is 9.18 Å². The lowest BCUT2D eigenvalue weighted by Gasteiger charge is -2.53. The third kappa shape index (κ3) is 6.39. The van der Waals surface area contributed by atoms with Gasteiger partial charge in [0.2, 0.25) is 0 Å². The minimum Gasteiger partial charge on any atom is -0.493 e. The van der Waals surface area contributed by atoms with E-state index in [1.807, 2.05) is 29.2 Å². The average Bonchev–Trinajstić information content (AvgIpc) is 2.82. The first-order valence-corrected chi connectivity index (χ1v) is 11.7. The van der Waals surface area contributed by atoms with Crippen molar-refractivity contribution in [2.75, 3.05) is 26.2 Å². The molecule has 3 heterocycles. The monoisotopic (exact) mass is 475 g/mol. The molecule has 3 aliphatic rings. The van der Waals surface area contributed by atoms with Crippen LogP contribution < -0.4 is 10.1 Å². The molecular formula is C26H35ClFN3O2. The van der Waals surface area contributed by atoms with Gasteiger partial charge in [0.05, 0.1) is 6.61 Å². The Morgan fingerprint density at radius 3 is 2.18 bits per heavy atom. The summed E-state index contributed by atoms with van der Waals surface area (Å²) in [6.45, 7) is 8.99. The number of halogens is 2. The van der Waals surface area contributed by atoms with Gasteiger partial charge in [-0.2, -0.15) is 0 Å². The lowest BCUT2D eigenvalue weighted by Crippen LogP contribution is -2.63. The third-order valence-electron chi connectivity index (χ3n) is 6.70. The Labute approximate surface area is 202 Å². The van der Waals surface area contributed by atoms with Gasteiger partial charge in [-0.05, 0) is 60.6 Å². The van der Waals surface area contributed by atoms with E-state index in [2.05, 4.69) is 24.1 Å². The Bertz CT molecular complexity index is 883. The van der Waals surface area contributed by atoms with E-state index in [-0.39, 0.29) is 29.8 Å². The predicted octanol–water partition coefficient (Wildman–Crippen LogP) is 5.23. The second-order valence-electron chi connectivity index (χ2n) is 9.54. The summed E-state index contributed by atoms with van der Waals surface area (Å²) >= 11 is 0. The maximum atomic E-state index is 13.4. The molecule has 0 radical (unpaired) electrons.